The fraction of sp³-hybridized carbons (Fsp3) is 0.438. The predicted molar refractivity (Wildman–Crippen MR) is 158 cm³/mol. The molecule has 1 fully saturated rings. The van der Waals surface area contributed by atoms with Gasteiger partial charge < -0.3 is 20.7 Å². The molecule has 3 amide bonds. The van der Waals surface area contributed by atoms with Crippen LogP contribution < -0.4 is 11.1 Å². The van der Waals surface area contributed by atoms with Gasteiger partial charge in [-0.15, -0.1) is 0 Å². The molecule has 11 heteroatoms. The third kappa shape index (κ3) is 6.60. The molecule has 3 heterocycles. The predicted octanol–water partition coefficient (Wildman–Crippen LogP) is 3.68. The number of benzene rings is 1. The molecule has 0 bridgehead atoms. The number of primary amides is 1. The summed E-state index contributed by atoms with van der Waals surface area (Å²) in [6.07, 6.45) is 8.50. The second kappa shape index (κ2) is 12.0. The number of fused-ring (bicyclic) bond motifs is 1. The Labute approximate surface area is 250 Å². The van der Waals surface area contributed by atoms with E-state index >= 15 is 0 Å². The van der Waals surface area contributed by atoms with Crippen molar-refractivity contribution in [1.82, 2.24) is 25.0 Å². The van der Waals surface area contributed by atoms with Gasteiger partial charge in [0.25, 0.3) is 11.8 Å². The van der Waals surface area contributed by atoms with E-state index in [-0.39, 0.29) is 43.2 Å². The van der Waals surface area contributed by atoms with E-state index < -0.39 is 23.5 Å². The molecule has 2 aromatic heterocycles. The van der Waals surface area contributed by atoms with E-state index in [1.165, 1.54) is 4.90 Å². The van der Waals surface area contributed by atoms with Gasteiger partial charge in [-0.2, -0.15) is 5.10 Å². The lowest BCUT2D eigenvalue weighted by molar-refractivity contribution is -0.155. The molecule has 2 atom stereocenters. The SMILES string of the molecule is Cn1cc(-c2cccnc2[C@@H](NC(=O)c2ccc3c(c2)CN([C@@H](CCC(=O)OC(C)(C)C)C(N)=O)C3=O)C2CCC2)cn1. The van der Waals surface area contributed by atoms with Gasteiger partial charge in [-0.25, -0.2) is 0 Å². The van der Waals surface area contributed by atoms with Crippen molar-refractivity contribution < 1.29 is 23.9 Å². The maximum absolute atomic E-state index is 13.6. The van der Waals surface area contributed by atoms with Gasteiger partial charge in [-0.1, -0.05) is 12.5 Å². The number of nitrogens with one attached hydrogen (secondary N) is 1. The Hall–Kier alpha value is -4.54. The van der Waals surface area contributed by atoms with Gasteiger partial charge in [0.15, 0.2) is 0 Å². The van der Waals surface area contributed by atoms with Gasteiger partial charge in [0.05, 0.1) is 17.9 Å². The molecular weight excluding hydrogens is 548 g/mol. The summed E-state index contributed by atoms with van der Waals surface area (Å²) >= 11 is 0. The zero-order valence-corrected chi connectivity index (χ0v) is 25.0. The van der Waals surface area contributed by atoms with Crippen LogP contribution in [0, 0.1) is 5.92 Å². The smallest absolute Gasteiger partial charge is 0.306 e. The summed E-state index contributed by atoms with van der Waals surface area (Å²) in [5.41, 5.74) is 9.07. The number of nitrogens with two attached hydrogens (primary N) is 1. The van der Waals surface area contributed by atoms with Gasteiger partial charge in [-0.3, -0.25) is 28.8 Å². The highest BCUT2D eigenvalue weighted by molar-refractivity contribution is 6.03. The van der Waals surface area contributed by atoms with Crippen LogP contribution in [0.4, 0.5) is 0 Å². The first kappa shape index (κ1) is 29.9. The van der Waals surface area contributed by atoms with Gasteiger partial charge in [0.2, 0.25) is 5.91 Å². The monoisotopic (exact) mass is 586 g/mol. The number of hydrogen-bond donors (Lipinski definition) is 2. The Balaban J connectivity index is 1.33. The molecular formula is C32H38N6O5. The number of rotatable bonds is 10. The van der Waals surface area contributed by atoms with Crippen LogP contribution in [0.3, 0.4) is 0 Å². The molecule has 0 unspecified atom stereocenters. The summed E-state index contributed by atoms with van der Waals surface area (Å²) in [6.45, 7) is 5.38. The van der Waals surface area contributed by atoms with Gasteiger partial charge >= 0.3 is 5.97 Å². The molecule has 5 rings (SSSR count). The molecule has 0 saturated heterocycles. The summed E-state index contributed by atoms with van der Waals surface area (Å²) in [4.78, 5) is 57.6. The third-order valence-electron chi connectivity index (χ3n) is 8.00. The van der Waals surface area contributed by atoms with Crippen molar-refractivity contribution in [2.24, 2.45) is 18.7 Å². The molecule has 1 saturated carbocycles. The average molecular weight is 587 g/mol. The molecule has 1 aliphatic heterocycles. The topological polar surface area (TPSA) is 150 Å². The second-order valence-electron chi connectivity index (χ2n) is 12.3. The van der Waals surface area contributed by atoms with E-state index in [2.05, 4.69) is 10.4 Å². The molecule has 0 spiro atoms. The number of carbonyl (C=O) groups excluding carboxylic acids is 4. The highest BCUT2D eigenvalue weighted by Gasteiger charge is 2.37. The van der Waals surface area contributed by atoms with Crippen molar-refractivity contribution in [1.29, 1.82) is 0 Å². The lowest BCUT2D eigenvalue weighted by Crippen LogP contribution is -2.45. The average Bonchev–Trinajstić information content (AvgIpc) is 3.49. The Morgan fingerprint density at radius 3 is 2.56 bits per heavy atom. The van der Waals surface area contributed by atoms with Crippen LogP contribution >= 0.6 is 0 Å². The molecule has 2 aliphatic rings. The first-order valence-corrected chi connectivity index (χ1v) is 14.6. The highest BCUT2D eigenvalue weighted by Crippen LogP contribution is 2.40. The van der Waals surface area contributed by atoms with Crippen LogP contribution in [-0.4, -0.2) is 55.0 Å². The minimum Gasteiger partial charge on any atom is -0.460 e. The van der Waals surface area contributed by atoms with Crippen LogP contribution in [0.2, 0.25) is 0 Å². The van der Waals surface area contributed by atoms with Crippen molar-refractivity contribution in [3.63, 3.8) is 0 Å². The molecule has 3 aromatic rings. The maximum atomic E-state index is 13.6. The summed E-state index contributed by atoms with van der Waals surface area (Å²) in [6, 6.07) is 7.50. The number of pyridine rings is 1. The van der Waals surface area contributed by atoms with E-state index in [1.54, 1.807) is 56.0 Å². The van der Waals surface area contributed by atoms with Gasteiger partial charge in [0.1, 0.15) is 11.6 Å². The number of carbonyl (C=O) groups is 4. The summed E-state index contributed by atoms with van der Waals surface area (Å²) < 4.78 is 7.07. The van der Waals surface area contributed by atoms with E-state index in [9.17, 15) is 19.2 Å². The Morgan fingerprint density at radius 1 is 1.16 bits per heavy atom. The van der Waals surface area contributed by atoms with E-state index in [0.717, 1.165) is 36.1 Å². The van der Waals surface area contributed by atoms with Gasteiger partial charge in [0, 0.05) is 54.7 Å². The minimum atomic E-state index is -0.984. The first-order valence-electron chi connectivity index (χ1n) is 14.6. The molecule has 43 heavy (non-hydrogen) atoms. The van der Waals surface area contributed by atoms with Crippen molar-refractivity contribution in [3.05, 3.63) is 71.3 Å². The lowest BCUT2D eigenvalue weighted by atomic mass is 9.77. The molecule has 0 radical (unpaired) electrons. The Bertz CT molecular complexity index is 1550. The fourth-order valence-corrected chi connectivity index (χ4v) is 5.71. The second-order valence-corrected chi connectivity index (χ2v) is 12.3. The molecule has 3 N–H and O–H groups in total. The zero-order valence-electron chi connectivity index (χ0n) is 25.0. The van der Waals surface area contributed by atoms with E-state index in [1.807, 2.05) is 25.4 Å². The number of nitrogens with zero attached hydrogens (tertiary/aromatic N) is 4. The number of esters is 1. The number of ether oxygens (including phenoxy) is 1. The number of hydrogen-bond acceptors (Lipinski definition) is 7. The Morgan fingerprint density at radius 2 is 1.93 bits per heavy atom. The van der Waals surface area contributed by atoms with Crippen LogP contribution in [0.15, 0.2) is 48.9 Å². The van der Waals surface area contributed by atoms with Crippen LogP contribution in [0.5, 0.6) is 0 Å². The van der Waals surface area contributed by atoms with Crippen molar-refractivity contribution in [2.45, 2.75) is 77.1 Å². The van der Waals surface area contributed by atoms with Crippen LogP contribution in [0.25, 0.3) is 11.1 Å². The van der Waals surface area contributed by atoms with Gasteiger partial charge in [-0.05, 0) is 75.8 Å². The standard InChI is InChI=1S/C32H38N6O5/c1-32(2,3)43-26(39)13-12-25(29(33)40)38-18-21-15-20(10-11-24(21)31(38)42)30(41)36-27(19-7-5-8-19)28-23(9-6-14-34-28)22-16-35-37(4)17-22/h6,9-11,14-17,19,25,27H,5,7-8,12-13,18H2,1-4H3,(H2,33,40)(H,36,41)/t25-,27-/m0/s1. The van der Waals surface area contributed by atoms with Crippen molar-refractivity contribution in [2.75, 3.05) is 0 Å². The minimum absolute atomic E-state index is 0.0454. The summed E-state index contributed by atoms with van der Waals surface area (Å²) in [5.74, 6) is -1.56. The number of aryl methyl sites for hydroxylation is 1. The maximum Gasteiger partial charge on any atom is 0.306 e. The van der Waals surface area contributed by atoms with E-state index in [0.29, 0.717) is 16.7 Å². The third-order valence-corrected chi connectivity index (χ3v) is 8.00. The number of amides is 3. The zero-order chi connectivity index (χ0) is 30.9. The number of aromatic nitrogens is 3. The summed E-state index contributed by atoms with van der Waals surface area (Å²) in [7, 11) is 1.86. The summed E-state index contributed by atoms with van der Waals surface area (Å²) in [5, 5.41) is 7.52. The largest absolute Gasteiger partial charge is 0.460 e. The molecule has 1 aliphatic carbocycles. The first-order chi connectivity index (χ1) is 20.4. The Kier molecular flexibility index (Phi) is 8.34. The van der Waals surface area contributed by atoms with Crippen molar-refractivity contribution in [3.8, 4) is 11.1 Å². The van der Waals surface area contributed by atoms with Crippen LogP contribution in [0.1, 0.15) is 90.9 Å². The quantitative estimate of drug-likeness (QED) is 0.344. The highest BCUT2D eigenvalue weighted by atomic mass is 16.6. The molecule has 11 nitrogen and oxygen atoms in total. The molecule has 1 aromatic carbocycles. The van der Waals surface area contributed by atoms with E-state index in [4.69, 9.17) is 15.5 Å². The fourth-order valence-electron chi connectivity index (χ4n) is 5.71. The normalized spacial score (nSPS) is 16.3. The van der Waals surface area contributed by atoms with Crippen molar-refractivity contribution >= 4 is 23.7 Å². The van der Waals surface area contributed by atoms with Crippen LogP contribution in [-0.2, 0) is 27.9 Å². The molecule has 226 valence electrons. The lowest BCUT2D eigenvalue weighted by Gasteiger charge is -2.34.